The van der Waals surface area contributed by atoms with Gasteiger partial charge in [0.2, 0.25) is 6.41 Å². The van der Waals surface area contributed by atoms with E-state index in [9.17, 15) is 14.4 Å². The molecule has 0 saturated carbocycles. The zero-order chi connectivity index (χ0) is 12.0. The first kappa shape index (κ1) is 11.9. The first-order chi connectivity index (χ1) is 7.69. The first-order valence-electron chi connectivity index (χ1n) is 4.36. The van der Waals surface area contributed by atoms with Gasteiger partial charge in [-0.05, 0) is 18.2 Å². The van der Waals surface area contributed by atoms with Crippen LogP contribution in [0.25, 0.3) is 0 Å². The van der Waals surface area contributed by atoms with E-state index < -0.39 is 5.91 Å². The third-order valence-corrected chi connectivity index (χ3v) is 1.80. The van der Waals surface area contributed by atoms with Crippen molar-refractivity contribution in [3.63, 3.8) is 0 Å². The van der Waals surface area contributed by atoms with E-state index in [2.05, 4.69) is 5.32 Å². The Labute approximate surface area is 92.0 Å². The Morgan fingerprint density at radius 3 is 2.75 bits per heavy atom. The van der Waals surface area contributed by atoms with Crippen molar-refractivity contribution in [2.75, 3.05) is 5.01 Å². The second-order valence-corrected chi connectivity index (χ2v) is 2.84. The molecule has 0 saturated heterocycles. The molecule has 0 spiro atoms. The number of nitrogens with two attached hydrogens (primary N) is 1. The maximum absolute atomic E-state index is 11.4. The highest BCUT2D eigenvalue weighted by molar-refractivity contribution is 5.97. The standard InChI is InChI=1S/C10H10N3O3/c11-13(7-15)9-3-1-2-8(6-9)10(16)12-4-5-14/h1-7H,11H2,(H,12,16). The number of carbonyl (C=O) groups is 3. The van der Waals surface area contributed by atoms with Crippen LogP contribution in [-0.2, 0) is 9.59 Å². The number of nitrogens with one attached hydrogen (secondary N) is 1. The summed E-state index contributed by atoms with van der Waals surface area (Å²) in [6.45, 7) is 0.981. The molecule has 0 atom stereocenters. The Balaban J connectivity index is 2.85. The Kier molecular flexibility index (Phi) is 4.16. The van der Waals surface area contributed by atoms with Gasteiger partial charge >= 0.3 is 0 Å². The van der Waals surface area contributed by atoms with Crippen LogP contribution in [0.2, 0.25) is 0 Å². The average Bonchev–Trinajstić information content (AvgIpc) is 2.35. The van der Waals surface area contributed by atoms with Crippen molar-refractivity contribution in [3.05, 3.63) is 36.4 Å². The highest BCUT2D eigenvalue weighted by Crippen LogP contribution is 2.12. The normalized spacial score (nSPS) is 9.31. The third-order valence-electron chi connectivity index (χ3n) is 1.80. The number of carbonyl (C=O) groups excluding carboxylic acids is 3. The van der Waals surface area contributed by atoms with E-state index >= 15 is 0 Å². The van der Waals surface area contributed by atoms with Crippen LogP contribution in [0.5, 0.6) is 0 Å². The third kappa shape index (κ3) is 2.89. The van der Waals surface area contributed by atoms with E-state index in [0.717, 1.165) is 11.6 Å². The number of anilines is 1. The molecule has 1 radical (unpaired) electrons. The van der Waals surface area contributed by atoms with Crippen molar-refractivity contribution >= 4 is 24.3 Å². The van der Waals surface area contributed by atoms with Crippen molar-refractivity contribution in [2.45, 2.75) is 0 Å². The quantitative estimate of drug-likeness (QED) is 0.306. The topological polar surface area (TPSA) is 92.5 Å². The molecular weight excluding hydrogens is 210 g/mol. The lowest BCUT2D eigenvalue weighted by Gasteiger charge is -2.10. The fourth-order valence-electron chi connectivity index (χ4n) is 1.06. The SMILES string of the molecule is NN(C=O)c1cccc(C(=O)N[CH]C=O)c1. The highest BCUT2D eigenvalue weighted by Gasteiger charge is 2.07. The molecule has 0 heterocycles. The number of hydrogen-bond acceptors (Lipinski definition) is 4. The van der Waals surface area contributed by atoms with Gasteiger partial charge in [0.25, 0.3) is 5.91 Å². The molecular formula is C10H10N3O3. The van der Waals surface area contributed by atoms with Gasteiger partial charge in [-0.2, -0.15) is 0 Å². The lowest BCUT2D eigenvalue weighted by atomic mass is 10.2. The molecule has 0 aliphatic rings. The zero-order valence-electron chi connectivity index (χ0n) is 8.29. The molecule has 0 aliphatic heterocycles. The van der Waals surface area contributed by atoms with Gasteiger partial charge in [0.1, 0.15) is 12.8 Å². The number of benzene rings is 1. The summed E-state index contributed by atoms with van der Waals surface area (Å²) in [6.07, 6.45) is 0.886. The van der Waals surface area contributed by atoms with Crippen molar-refractivity contribution in [2.24, 2.45) is 5.84 Å². The molecule has 16 heavy (non-hydrogen) atoms. The highest BCUT2D eigenvalue weighted by atomic mass is 16.2. The number of aldehydes is 1. The van der Waals surface area contributed by atoms with Gasteiger partial charge in [0, 0.05) is 5.56 Å². The van der Waals surface area contributed by atoms with Gasteiger partial charge in [0.15, 0.2) is 0 Å². The minimum Gasteiger partial charge on any atom is -0.340 e. The molecule has 83 valence electrons. The Morgan fingerprint density at radius 1 is 1.38 bits per heavy atom. The number of amides is 2. The van der Waals surface area contributed by atoms with Crippen LogP contribution in [0, 0.1) is 6.54 Å². The zero-order valence-corrected chi connectivity index (χ0v) is 8.29. The summed E-state index contributed by atoms with van der Waals surface area (Å²) in [7, 11) is 0. The van der Waals surface area contributed by atoms with Crippen LogP contribution < -0.4 is 16.2 Å². The van der Waals surface area contributed by atoms with Crippen LogP contribution in [0.1, 0.15) is 10.4 Å². The van der Waals surface area contributed by atoms with Crippen molar-refractivity contribution in [1.29, 1.82) is 0 Å². The minimum atomic E-state index is -0.451. The van der Waals surface area contributed by atoms with Crippen molar-refractivity contribution < 1.29 is 14.4 Å². The molecule has 1 aromatic rings. The number of rotatable bonds is 5. The van der Waals surface area contributed by atoms with Crippen LogP contribution in [0.15, 0.2) is 24.3 Å². The molecule has 0 aromatic heterocycles. The molecule has 0 fully saturated rings. The van der Waals surface area contributed by atoms with E-state index in [0.29, 0.717) is 23.9 Å². The van der Waals surface area contributed by atoms with Gasteiger partial charge in [-0.1, -0.05) is 6.07 Å². The second kappa shape index (κ2) is 5.62. The first-order valence-corrected chi connectivity index (χ1v) is 4.36. The summed E-state index contributed by atoms with van der Waals surface area (Å²) in [6, 6.07) is 6.13. The molecule has 0 aliphatic carbocycles. The predicted molar refractivity (Wildman–Crippen MR) is 57.0 cm³/mol. The monoisotopic (exact) mass is 220 g/mol. The summed E-state index contributed by atoms with van der Waals surface area (Å²) in [4.78, 5) is 31.8. The molecule has 0 bridgehead atoms. The smallest absolute Gasteiger partial charge is 0.252 e. The van der Waals surface area contributed by atoms with E-state index in [1.807, 2.05) is 0 Å². The second-order valence-electron chi connectivity index (χ2n) is 2.84. The van der Waals surface area contributed by atoms with Crippen LogP contribution >= 0.6 is 0 Å². The lowest BCUT2D eigenvalue weighted by Crippen LogP contribution is -2.29. The van der Waals surface area contributed by atoms with Crippen molar-refractivity contribution in [1.82, 2.24) is 5.32 Å². The molecule has 6 nitrogen and oxygen atoms in total. The largest absolute Gasteiger partial charge is 0.340 e. The van der Waals surface area contributed by atoms with Crippen LogP contribution in [0.3, 0.4) is 0 Å². The summed E-state index contributed by atoms with van der Waals surface area (Å²) >= 11 is 0. The minimum absolute atomic E-state index is 0.299. The summed E-state index contributed by atoms with van der Waals surface area (Å²) in [5, 5.41) is 3.10. The molecule has 1 rings (SSSR count). The Morgan fingerprint density at radius 2 is 2.12 bits per heavy atom. The number of hydrogen-bond donors (Lipinski definition) is 2. The summed E-state index contributed by atoms with van der Waals surface area (Å²) in [5.41, 5.74) is 0.682. The number of nitrogens with zero attached hydrogens (tertiary/aromatic N) is 1. The summed E-state index contributed by atoms with van der Waals surface area (Å²) in [5.74, 6) is 4.88. The van der Waals surface area contributed by atoms with Gasteiger partial charge in [-0.3, -0.25) is 14.6 Å². The maximum Gasteiger partial charge on any atom is 0.252 e. The predicted octanol–water partition coefficient (Wildman–Crippen LogP) is -0.386. The molecule has 1 aromatic carbocycles. The molecule has 3 N–H and O–H groups in total. The Bertz CT molecular complexity index is 406. The molecule has 6 heteroatoms. The number of hydrazine groups is 1. The van der Waals surface area contributed by atoms with Crippen LogP contribution in [-0.4, -0.2) is 18.6 Å². The molecule has 2 amide bonds. The van der Waals surface area contributed by atoms with E-state index in [-0.39, 0.29) is 0 Å². The van der Waals surface area contributed by atoms with Crippen molar-refractivity contribution in [3.8, 4) is 0 Å². The van der Waals surface area contributed by atoms with Gasteiger partial charge in [0.05, 0.1) is 5.69 Å². The fourth-order valence-corrected chi connectivity index (χ4v) is 1.06. The van der Waals surface area contributed by atoms with E-state index in [4.69, 9.17) is 5.84 Å². The maximum atomic E-state index is 11.4. The van der Waals surface area contributed by atoms with Gasteiger partial charge in [-0.15, -0.1) is 0 Å². The fraction of sp³-hybridized carbons (Fsp3) is 0. The lowest BCUT2D eigenvalue weighted by molar-refractivity contribution is -0.107. The molecule has 0 unspecified atom stereocenters. The van der Waals surface area contributed by atoms with Gasteiger partial charge < -0.3 is 10.1 Å². The van der Waals surface area contributed by atoms with Gasteiger partial charge in [-0.25, -0.2) is 5.84 Å². The van der Waals surface area contributed by atoms with E-state index in [1.165, 1.54) is 12.1 Å². The Hall–Kier alpha value is -2.21. The van der Waals surface area contributed by atoms with E-state index in [1.54, 1.807) is 12.1 Å². The van der Waals surface area contributed by atoms with Crippen LogP contribution in [0.4, 0.5) is 5.69 Å². The summed E-state index contributed by atoms with van der Waals surface area (Å²) < 4.78 is 0. The average molecular weight is 220 g/mol.